The van der Waals surface area contributed by atoms with Crippen LogP contribution in [0.25, 0.3) is 0 Å². The van der Waals surface area contributed by atoms with E-state index in [2.05, 4.69) is 10.2 Å². The van der Waals surface area contributed by atoms with Gasteiger partial charge in [0.2, 0.25) is 11.8 Å². The summed E-state index contributed by atoms with van der Waals surface area (Å²) in [5.41, 5.74) is 0. The van der Waals surface area contributed by atoms with Gasteiger partial charge in [-0.1, -0.05) is 32.1 Å². The van der Waals surface area contributed by atoms with Crippen molar-refractivity contribution in [1.29, 1.82) is 0 Å². The molecule has 2 aliphatic heterocycles. The van der Waals surface area contributed by atoms with Gasteiger partial charge in [0.05, 0.1) is 5.92 Å². The van der Waals surface area contributed by atoms with E-state index >= 15 is 0 Å². The summed E-state index contributed by atoms with van der Waals surface area (Å²) < 4.78 is 0. The number of amides is 2. The second-order valence-corrected chi connectivity index (χ2v) is 8.14. The van der Waals surface area contributed by atoms with E-state index in [0.29, 0.717) is 19.0 Å². The second kappa shape index (κ2) is 9.56. The van der Waals surface area contributed by atoms with Crippen molar-refractivity contribution in [2.75, 3.05) is 32.7 Å². The van der Waals surface area contributed by atoms with Crippen molar-refractivity contribution in [1.82, 2.24) is 15.1 Å². The lowest BCUT2D eigenvalue weighted by Gasteiger charge is -2.27. The maximum atomic E-state index is 12.4. The smallest absolute Gasteiger partial charge is 0.225 e. The Bertz CT molecular complexity index is 440. The van der Waals surface area contributed by atoms with Crippen LogP contribution in [0.2, 0.25) is 0 Å². The van der Waals surface area contributed by atoms with Gasteiger partial charge in [-0.3, -0.25) is 9.59 Å². The van der Waals surface area contributed by atoms with Gasteiger partial charge in [0.25, 0.3) is 0 Å². The highest BCUT2D eigenvalue weighted by Crippen LogP contribution is 2.28. The van der Waals surface area contributed by atoms with Crippen LogP contribution in [-0.2, 0) is 9.59 Å². The molecule has 5 nitrogen and oxygen atoms in total. The molecule has 5 heteroatoms. The van der Waals surface area contributed by atoms with Crippen molar-refractivity contribution in [3.05, 3.63) is 0 Å². The number of rotatable bonds is 6. The van der Waals surface area contributed by atoms with Gasteiger partial charge in [0.1, 0.15) is 0 Å². The van der Waals surface area contributed by atoms with Gasteiger partial charge < -0.3 is 15.1 Å². The first kappa shape index (κ1) is 18.7. The number of likely N-dealkylation sites (tertiary alicyclic amines) is 2. The Kier molecular flexibility index (Phi) is 7.14. The quantitative estimate of drug-likeness (QED) is 0.592. The van der Waals surface area contributed by atoms with Crippen molar-refractivity contribution in [3.63, 3.8) is 0 Å². The van der Waals surface area contributed by atoms with Crippen LogP contribution in [-0.4, -0.2) is 60.4 Å². The Morgan fingerprint density at radius 3 is 2.40 bits per heavy atom. The first-order valence-electron chi connectivity index (χ1n) is 10.5. The van der Waals surface area contributed by atoms with Crippen LogP contribution >= 0.6 is 0 Å². The van der Waals surface area contributed by atoms with Crippen LogP contribution in [0.5, 0.6) is 0 Å². The summed E-state index contributed by atoms with van der Waals surface area (Å²) >= 11 is 0. The van der Waals surface area contributed by atoms with E-state index in [1.165, 1.54) is 58.0 Å². The van der Waals surface area contributed by atoms with Crippen LogP contribution in [0, 0.1) is 5.92 Å². The van der Waals surface area contributed by atoms with Gasteiger partial charge in [-0.15, -0.1) is 0 Å². The molecule has 2 saturated heterocycles. The van der Waals surface area contributed by atoms with Crippen molar-refractivity contribution in [3.8, 4) is 0 Å². The molecule has 1 unspecified atom stereocenters. The largest absolute Gasteiger partial charge is 0.356 e. The molecular weight excluding hydrogens is 314 g/mol. The third-order valence-electron chi connectivity index (χ3n) is 6.19. The van der Waals surface area contributed by atoms with E-state index in [4.69, 9.17) is 0 Å². The van der Waals surface area contributed by atoms with Crippen LogP contribution < -0.4 is 5.32 Å². The number of nitrogens with zero attached hydrogens (tertiary/aromatic N) is 2. The van der Waals surface area contributed by atoms with Crippen molar-refractivity contribution < 1.29 is 9.59 Å². The predicted molar refractivity (Wildman–Crippen MR) is 99.2 cm³/mol. The zero-order valence-corrected chi connectivity index (χ0v) is 15.7. The van der Waals surface area contributed by atoms with E-state index in [-0.39, 0.29) is 17.7 Å². The van der Waals surface area contributed by atoms with E-state index in [1.54, 1.807) is 0 Å². The summed E-state index contributed by atoms with van der Waals surface area (Å²) in [6.07, 6.45) is 12.7. The van der Waals surface area contributed by atoms with Crippen LogP contribution in [0.4, 0.5) is 0 Å². The van der Waals surface area contributed by atoms with Crippen LogP contribution in [0.3, 0.4) is 0 Å². The summed E-state index contributed by atoms with van der Waals surface area (Å²) in [7, 11) is 0. The number of carbonyl (C=O) groups excluding carboxylic acids is 2. The van der Waals surface area contributed by atoms with Crippen LogP contribution in [0.1, 0.15) is 70.6 Å². The molecule has 25 heavy (non-hydrogen) atoms. The molecule has 3 rings (SSSR count). The molecule has 0 aromatic heterocycles. The first-order valence-corrected chi connectivity index (χ1v) is 10.5. The number of piperidine rings is 1. The maximum Gasteiger partial charge on any atom is 0.225 e. The van der Waals surface area contributed by atoms with Crippen LogP contribution in [0.15, 0.2) is 0 Å². The van der Waals surface area contributed by atoms with E-state index < -0.39 is 0 Å². The van der Waals surface area contributed by atoms with Crippen molar-refractivity contribution in [2.45, 2.75) is 76.7 Å². The van der Waals surface area contributed by atoms with Gasteiger partial charge in [-0.2, -0.15) is 0 Å². The minimum absolute atomic E-state index is 0.0862. The molecule has 3 aliphatic rings. The maximum absolute atomic E-state index is 12.4. The van der Waals surface area contributed by atoms with E-state index in [9.17, 15) is 9.59 Å². The Hall–Kier alpha value is -1.10. The molecule has 0 spiro atoms. The number of carbonyl (C=O) groups is 2. The molecule has 142 valence electrons. The molecule has 1 aliphatic carbocycles. The van der Waals surface area contributed by atoms with E-state index in [0.717, 1.165) is 32.4 Å². The summed E-state index contributed by atoms with van der Waals surface area (Å²) in [5, 5.41) is 3.08. The number of nitrogens with one attached hydrogen (secondary N) is 1. The lowest BCUT2D eigenvalue weighted by atomic mass is 10.1. The molecule has 0 aromatic rings. The Balaban J connectivity index is 1.36. The lowest BCUT2D eigenvalue weighted by molar-refractivity contribution is -0.130. The van der Waals surface area contributed by atoms with E-state index in [1.807, 2.05) is 4.90 Å². The summed E-state index contributed by atoms with van der Waals surface area (Å²) in [4.78, 5) is 29.3. The summed E-state index contributed by atoms with van der Waals surface area (Å²) in [6.45, 7) is 4.88. The second-order valence-electron chi connectivity index (χ2n) is 8.14. The zero-order chi connectivity index (χ0) is 17.5. The zero-order valence-electron chi connectivity index (χ0n) is 15.7. The lowest BCUT2D eigenvalue weighted by Crippen LogP contribution is -2.38. The normalized spacial score (nSPS) is 26.6. The molecule has 0 bridgehead atoms. The molecule has 1 N–H and O–H groups in total. The molecule has 2 heterocycles. The third kappa shape index (κ3) is 5.44. The molecular formula is C20H35N3O2. The van der Waals surface area contributed by atoms with Gasteiger partial charge >= 0.3 is 0 Å². The molecule has 3 fully saturated rings. The van der Waals surface area contributed by atoms with Gasteiger partial charge in [-0.05, 0) is 51.7 Å². The van der Waals surface area contributed by atoms with Crippen molar-refractivity contribution >= 4 is 11.8 Å². The summed E-state index contributed by atoms with van der Waals surface area (Å²) in [5.74, 6) is 0.147. The molecule has 1 atom stereocenters. The fraction of sp³-hybridized carbons (Fsp3) is 0.900. The number of hydrogen-bond acceptors (Lipinski definition) is 3. The van der Waals surface area contributed by atoms with Gasteiger partial charge in [0.15, 0.2) is 0 Å². The fourth-order valence-electron chi connectivity index (χ4n) is 4.67. The standard InChI is InChI=1S/C20H35N3O2/c24-19-15-17(16-23(19)18-9-4-1-2-5-10-18)20(25)21-11-8-14-22-12-6-3-7-13-22/h17-18H,1-16H2,(H,21,25). The topological polar surface area (TPSA) is 52.7 Å². The Morgan fingerprint density at radius 2 is 1.68 bits per heavy atom. The molecule has 0 aromatic carbocycles. The highest BCUT2D eigenvalue weighted by Gasteiger charge is 2.37. The summed E-state index contributed by atoms with van der Waals surface area (Å²) in [6, 6.07) is 0.381. The monoisotopic (exact) mass is 349 g/mol. The minimum Gasteiger partial charge on any atom is -0.356 e. The van der Waals surface area contributed by atoms with Gasteiger partial charge in [0, 0.05) is 25.6 Å². The first-order chi connectivity index (χ1) is 12.2. The molecule has 0 radical (unpaired) electrons. The highest BCUT2D eigenvalue weighted by molar-refractivity contribution is 5.89. The Labute approximate surface area is 152 Å². The SMILES string of the molecule is O=C(NCCCN1CCCCC1)C1CC(=O)N(C2CCCCCC2)C1. The Morgan fingerprint density at radius 1 is 1.00 bits per heavy atom. The van der Waals surface area contributed by atoms with Crippen molar-refractivity contribution in [2.24, 2.45) is 5.92 Å². The predicted octanol–water partition coefficient (Wildman–Crippen LogP) is 2.55. The molecule has 2 amide bonds. The van der Waals surface area contributed by atoms with Gasteiger partial charge in [-0.25, -0.2) is 0 Å². The number of hydrogen-bond donors (Lipinski definition) is 1. The third-order valence-corrected chi connectivity index (χ3v) is 6.19. The average molecular weight is 350 g/mol. The highest BCUT2D eigenvalue weighted by atomic mass is 16.2. The minimum atomic E-state index is -0.134. The molecule has 1 saturated carbocycles. The average Bonchev–Trinajstić information content (AvgIpc) is 2.84. The fourth-order valence-corrected chi connectivity index (χ4v) is 4.67.